The van der Waals surface area contributed by atoms with Crippen molar-refractivity contribution in [3.05, 3.63) is 77.6 Å². The fraction of sp³-hybridized carbons (Fsp3) is 0.527. The number of pyridine rings is 1. The van der Waals surface area contributed by atoms with Gasteiger partial charge in [-0.1, -0.05) is 101 Å². The number of aryl methyl sites for hydroxylation is 1. The van der Waals surface area contributed by atoms with Crippen molar-refractivity contribution in [2.45, 2.75) is 130 Å². The van der Waals surface area contributed by atoms with Crippen LogP contribution in [0.1, 0.15) is 97.9 Å². The van der Waals surface area contributed by atoms with Crippen LogP contribution < -0.4 is 10.7 Å². The quantitative estimate of drug-likeness (QED) is 0.102. The number of cyclic esters (lactones) is 1. The number of carbonyl (C=O) groups excluding carboxylic acids is 5. The van der Waals surface area contributed by atoms with E-state index in [1.807, 2.05) is 38.2 Å². The standard InChI is InChI=1S/C54H66BrN7O7.CH4.5H2S/c1-9-61-45-17-15-36-26-41(45)42(49(61)40-14-11-21-56-47(40)32(2)3)28-54(6,7)31-69-53(67)44-27-38(55)30-62(58-44)52(66)43(25-34-12-10-13-35(36)24-34)57-50(64)48(33(4)5)59(8)51(65)37-19-22-60(29-37)46(63)18-16-39-20-23-68-39;;;;;;/h10-15,17,21,24,26,32-33,37-39,43-44,48,58H,9,19-20,22-23,25,27-31H2,1-8H3,(H,57,64);1H4;5*1H2/t37-,38?,39?,43-,44-,48-;;;;;;/m0....../s1. The van der Waals surface area contributed by atoms with E-state index in [4.69, 9.17) is 14.5 Å². The molecule has 4 aliphatic rings. The van der Waals surface area contributed by atoms with Crippen molar-refractivity contribution in [3.8, 4) is 34.2 Å². The molecule has 0 spiro atoms. The smallest absolute Gasteiger partial charge is 0.325 e. The molecule has 414 valence electrons. The number of alkyl halides is 1. The number of fused-ring (bicyclic) bond motifs is 6. The van der Waals surface area contributed by atoms with Crippen molar-refractivity contribution in [1.29, 1.82) is 0 Å². The Bertz CT molecular complexity index is 2710. The van der Waals surface area contributed by atoms with E-state index >= 15 is 0 Å². The number of esters is 1. The molecule has 14 nitrogen and oxygen atoms in total. The van der Waals surface area contributed by atoms with E-state index in [2.05, 4.69) is 114 Å². The maximum absolute atomic E-state index is 14.9. The molecule has 75 heavy (non-hydrogen) atoms. The number of hydrogen-bond acceptors (Lipinski definition) is 9. The van der Waals surface area contributed by atoms with Gasteiger partial charge in [-0.05, 0) is 90.5 Å². The van der Waals surface area contributed by atoms with Gasteiger partial charge < -0.3 is 29.2 Å². The first-order valence-electron chi connectivity index (χ1n) is 24.5. The lowest BCUT2D eigenvalue weighted by atomic mass is 9.83. The van der Waals surface area contributed by atoms with Crippen LogP contribution in [0.25, 0.3) is 33.3 Å². The molecule has 6 atom stereocenters. The van der Waals surface area contributed by atoms with E-state index in [-0.39, 0.29) is 136 Å². The van der Waals surface area contributed by atoms with Crippen LogP contribution in [0.4, 0.5) is 0 Å². The van der Waals surface area contributed by atoms with Gasteiger partial charge in [0.1, 0.15) is 24.2 Å². The predicted molar refractivity (Wildman–Crippen MR) is 327 cm³/mol. The maximum atomic E-state index is 14.9. The molecule has 0 saturated carbocycles. The number of aromatic nitrogens is 2. The molecule has 4 aliphatic heterocycles. The Kier molecular flexibility index (Phi) is 25.8. The molecule has 4 amide bonds. The summed E-state index contributed by atoms with van der Waals surface area (Å²) in [6.07, 6.45) is 3.99. The van der Waals surface area contributed by atoms with Crippen molar-refractivity contribution in [2.24, 2.45) is 17.3 Å². The highest BCUT2D eigenvalue weighted by Crippen LogP contribution is 2.42. The van der Waals surface area contributed by atoms with Gasteiger partial charge in [0.2, 0.25) is 11.8 Å². The van der Waals surface area contributed by atoms with E-state index in [0.717, 1.165) is 63.1 Å². The minimum absolute atomic E-state index is 0. The molecule has 2 aromatic heterocycles. The van der Waals surface area contributed by atoms with Crippen LogP contribution in [0.5, 0.6) is 0 Å². The molecule has 8 rings (SSSR count). The SMILES string of the molecule is C.CCn1c(-c2cccnc2C(C)C)c2c3cc(ccc31)-c1cccc(c1)C[C@H](NC(=O)[C@H](C(C)C)N(C)C(=O)[C@H]1CCN(C(=O)C#CC3CCO3)C1)C(=O)N1CC(Br)C[C@H](N1)C(=O)OCC(C)(C)C2.S.S.S.S.S. The fourth-order valence-corrected chi connectivity index (χ4v) is 11.0. The van der Waals surface area contributed by atoms with E-state index in [9.17, 15) is 24.0 Å². The summed E-state index contributed by atoms with van der Waals surface area (Å²) in [6.45, 7) is 16.8. The second kappa shape index (κ2) is 28.7. The lowest BCUT2D eigenvalue weighted by Gasteiger charge is -2.38. The second-order valence-electron chi connectivity index (χ2n) is 20.6. The number of benzene rings is 2. The maximum Gasteiger partial charge on any atom is 0.325 e. The Morgan fingerprint density at radius 2 is 1.68 bits per heavy atom. The number of likely N-dealkylation sites (tertiary alicyclic amines) is 1. The van der Waals surface area contributed by atoms with Crippen LogP contribution in [0.3, 0.4) is 0 Å². The van der Waals surface area contributed by atoms with Crippen molar-refractivity contribution in [1.82, 2.24) is 35.1 Å². The van der Waals surface area contributed by atoms with Crippen molar-refractivity contribution in [3.63, 3.8) is 0 Å². The summed E-state index contributed by atoms with van der Waals surface area (Å²) in [6, 6.07) is 15.9. The van der Waals surface area contributed by atoms with Gasteiger partial charge in [-0.2, -0.15) is 67.5 Å². The van der Waals surface area contributed by atoms with Crippen LogP contribution in [0, 0.1) is 29.1 Å². The molecule has 2 N–H and O–H groups in total. The Morgan fingerprint density at radius 3 is 2.33 bits per heavy atom. The molecule has 3 saturated heterocycles. The van der Waals surface area contributed by atoms with Crippen LogP contribution in [0.2, 0.25) is 0 Å². The largest absolute Gasteiger partial charge is 0.464 e. The van der Waals surface area contributed by atoms with Crippen LogP contribution >= 0.6 is 83.4 Å². The van der Waals surface area contributed by atoms with Gasteiger partial charge in [-0.25, -0.2) is 5.43 Å². The summed E-state index contributed by atoms with van der Waals surface area (Å²) in [4.78, 5) is 78.3. The highest BCUT2D eigenvalue weighted by atomic mass is 79.9. The fourth-order valence-electron chi connectivity index (χ4n) is 10.3. The second-order valence-corrected chi connectivity index (χ2v) is 21.9. The molecule has 0 radical (unpaired) electrons. The van der Waals surface area contributed by atoms with Gasteiger partial charge in [0.25, 0.3) is 11.8 Å². The Morgan fingerprint density at radius 1 is 0.973 bits per heavy atom. The molecule has 2 unspecified atom stereocenters. The van der Waals surface area contributed by atoms with Gasteiger partial charge in [-0.3, -0.25) is 34.0 Å². The summed E-state index contributed by atoms with van der Waals surface area (Å²) in [5.41, 5.74) is 10.9. The third kappa shape index (κ3) is 15.1. The number of carbonyl (C=O) groups is 5. The molecule has 6 heterocycles. The number of hydrazine groups is 1. The topological polar surface area (TPSA) is 155 Å². The lowest BCUT2D eigenvalue weighted by Crippen LogP contribution is -2.64. The molecule has 4 aromatic rings. The van der Waals surface area contributed by atoms with Gasteiger partial charge in [0.05, 0.1) is 30.5 Å². The van der Waals surface area contributed by atoms with Gasteiger partial charge >= 0.3 is 5.97 Å². The number of ether oxygens (including phenoxy) is 2. The van der Waals surface area contributed by atoms with E-state index < -0.39 is 47.2 Å². The molecule has 3 fully saturated rings. The zero-order valence-electron chi connectivity index (χ0n) is 43.6. The first kappa shape index (κ1) is 67.3. The number of nitrogens with one attached hydrogen (secondary N) is 2. The third-order valence-corrected chi connectivity index (χ3v) is 14.6. The third-order valence-electron chi connectivity index (χ3n) is 14.0. The Labute approximate surface area is 487 Å². The lowest BCUT2D eigenvalue weighted by molar-refractivity contribution is -0.155. The minimum atomic E-state index is -1.08. The molecule has 20 heteroatoms. The zero-order chi connectivity index (χ0) is 49.3. The Balaban J connectivity index is 0.00000321. The van der Waals surface area contributed by atoms with Gasteiger partial charge in [0, 0.05) is 79.0 Å². The molecular formula is C55H80BrN7O7S5. The number of likely N-dealkylation sites (N-methyl/N-ethyl adjacent to an activating group) is 1. The normalized spacial score (nSPS) is 21.3. The number of amides is 4. The molecule has 0 aliphatic carbocycles. The van der Waals surface area contributed by atoms with Gasteiger partial charge in [-0.15, -0.1) is 0 Å². The number of halogens is 1. The summed E-state index contributed by atoms with van der Waals surface area (Å²) < 4.78 is 13.9. The van der Waals surface area contributed by atoms with Crippen molar-refractivity contribution in [2.75, 3.05) is 39.9 Å². The Hall–Kier alpha value is -3.81. The monoisotopic (exact) mass is 1190 g/mol. The number of nitrogens with zero attached hydrogens (tertiary/aromatic N) is 5. The number of rotatable bonds is 8. The predicted octanol–water partition coefficient (Wildman–Crippen LogP) is 7.86. The highest BCUT2D eigenvalue weighted by molar-refractivity contribution is 9.09. The first-order chi connectivity index (χ1) is 32.9. The molecular weight excluding hydrogens is 1110 g/mol. The molecule has 6 bridgehead atoms. The highest BCUT2D eigenvalue weighted by Gasteiger charge is 2.41. The van der Waals surface area contributed by atoms with Crippen molar-refractivity contribution >= 4 is 124 Å². The average Bonchev–Trinajstić information content (AvgIpc) is 3.92. The molecule has 2 aromatic carbocycles. The van der Waals surface area contributed by atoms with Crippen molar-refractivity contribution < 1.29 is 33.4 Å². The van der Waals surface area contributed by atoms with E-state index in [1.54, 1.807) is 11.9 Å². The van der Waals surface area contributed by atoms with E-state index in [1.165, 1.54) is 9.91 Å². The zero-order valence-corrected chi connectivity index (χ0v) is 50.2. The van der Waals surface area contributed by atoms with Crippen LogP contribution in [0.15, 0.2) is 60.8 Å². The van der Waals surface area contributed by atoms with Crippen LogP contribution in [-0.2, 0) is 52.8 Å². The van der Waals surface area contributed by atoms with E-state index in [0.29, 0.717) is 32.4 Å². The summed E-state index contributed by atoms with van der Waals surface area (Å²) in [7, 11) is 1.61. The summed E-state index contributed by atoms with van der Waals surface area (Å²) in [5, 5.41) is 5.59. The van der Waals surface area contributed by atoms with Gasteiger partial charge in [0.15, 0.2) is 0 Å². The first-order valence-corrected chi connectivity index (χ1v) is 25.4. The summed E-state index contributed by atoms with van der Waals surface area (Å²) >= 11 is 3.72. The number of hydrogen-bond donors (Lipinski definition) is 2. The average molecular weight is 1190 g/mol. The minimum Gasteiger partial charge on any atom is -0.464 e. The summed E-state index contributed by atoms with van der Waals surface area (Å²) in [5.74, 6) is 2.88. The van der Waals surface area contributed by atoms with Crippen LogP contribution in [-0.4, -0.2) is 123 Å².